The van der Waals surface area contributed by atoms with Gasteiger partial charge in [0.1, 0.15) is 0 Å². The van der Waals surface area contributed by atoms with Crippen molar-refractivity contribution in [3.05, 3.63) is 29.8 Å². The summed E-state index contributed by atoms with van der Waals surface area (Å²) < 4.78 is 0. The van der Waals surface area contributed by atoms with Gasteiger partial charge < -0.3 is 15.5 Å². The topological polar surface area (TPSA) is 81.8 Å². The molecule has 0 spiro atoms. The van der Waals surface area contributed by atoms with Crippen LogP contribution in [0.4, 0.5) is 10.5 Å². The summed E-state index contributed by atoms with van der Waals surface area (Å²) in [5.74, 6) is 0.686. The van der Waals surface area contributed by atoms with Crippen molar-refractivity contribution in [2.24, 2.45) is 0 Å². The average Bonchev–Trinajstić information content (AvgIpc) is 2.74. The Bertz CT molecular complexity index is 719. The molecule has 2 fully saturated rings. The van der Waals surface area contributed by atoms with E-state index in [0.717, 1.165) is 50.1 Å². The van der Waals surface area contributed by atoms with Crippen molar-refractivity contribution in [3.63, 3.8) is 0 Å². The van der Waals surface area contributed by atoms with E-state index in [1.165, 1.54) is 18.2 Å². The van der Waals surface area contributed by atoms with Gasteiger partial charge in [0.2, 0.25) is 11.8 Å². The van der Waals surface area contributed by atoms with E-state index in [9.17, 15) is 14.4 Å². The highest BCUT2D eigenvalue weighted by atomic mass is 32.2. The third kappa shape index (κ3) is 6.13. The fourth-order valence-electron chi connectivity index (χ4n) is 3.65. The molecule has 7 nitrogen and oxygen atoms in total. The fraction of sp³-hybridized carbons (Fsp3) is 0.571. The Morgan fingerprint density at radius 3 is 2.48 bits per heavy atom. The highest BCUT2D eigenvalue weighted by molar-refractivity contribution is 8.00. The quantitative estimate of drug-likeness (QED) is 0.713. The summed E-state index contributed by atoms with van der Waals surface area (Å²) in [6.07, 6.45) is 4.28. The molecule has 29 heavy (non-hydrogen) atoms. The van der Waals surface area contributed by atoms with Crippen molar-refractivity contribution in [1.82, 2.24) is 15.5 Å². The van der Waals surface area contributed by atoms with E-state index in [0.29, 0.717) is 12.3 Å². The number of urea groups is 1. The van der Waals surface area contributed by atoms with Crippen LogP contribution in [0.2, 0.25) is 0 Å². The molecule has 1 aromatic carbocycles. The first-order valence-corrected chi connectivity index (χ1v) is 11.5. The van der Waals surface area contributed by atoms with E-state index in [-0.39, 0.29) is 29.6 Å². The molecule has 2 aliphatic rings. The Morgan fingerprint density at radius 1 is 1.07 bits per heavy atom. The van der Waals surface area contributed by atoms with Crippen LogP contribution in [0.25, 0.3) is 0 Å². The van der Waals surface area contributed by atoms with E-state index >= 15 is 0 Å². The molecular formula is C21H30N4O3S. The van der Waals surface area contributed by atoms with E-state index in [1.807, 2.05) is 36.1 Å². The number of nitrogens with zero attached hydrogens (tertiary/aromatic N) is 2. The molecule has 0 aliphatic carbocycles. The molecule has 2 N–H and O–H groups in total. The zero-order chi connectivity index (χ0) is 20.6. The minimum Gasteiger partial charge on any atom is -0.349 e. The second kappa shape index (κ2) is 10.5. The van der Waals surface area contributed by atoms with Gasteiger partial charge in [0.15, 0.2) is 0 Å². The first-order chi connectivity index (χ1) is 14.0. The van der Waals surface area contributed by atoms with Crippen LogP contribution >= 0.6 is 11.8 Å². The molecule has 1 aromatic rings. The number of anilines is 1. The standard InChI is InChI=1S/C21H30N4O3S/c1-16(17-6-8-18(9-7-17)25-13-5-10-22-21(25)28)23-19(26)14-29-15-20(27)24-11-3-2-4-12-24/h6-9,16H,2-5,10-15H2,1H3,(H,22,28)(H,23,26). The lowest BCUT2D eigenvalue weighted by Gasteiger charge is -2.27. The van der Waals surface area contributed by atoms with Crippen molar-refractivity contribution < 1.29 is 14.4 Å². The van der Waals surface area contributed by atoms with Crippen LogP contribution in [-0.4, -0.2) is 60.4 Å². The lowest BCUT2D eigenvalue weighted by Crippen LogP contribution is -2.46. The Morgan fingerprint density at radius 2 is 1.79 bits per heavy atom. The summed E-state index contributed by atoms with van der Waals surface area (Å²) >= 11 is 1.37. The van der Waals surface area contributed by atoms with Gasteiger partial charge in [-0.25, -0.2) is 4.79 Å². The Balaban J connectivity index is 1.42. The molecule has 2 saturated heterocycles. The summed E-state index contributed by atoms with van der Waals surface area (Å²) in [4.78, 5) is 39.9. The molecule has 0 bridgehead atoms. The number of piperidine rings is 1. The van der Waals surface area contributed by atoms with Crippen LogP contribution in [0, 0.1) is 0 Å². The monoisotopic (exact) mass is 418 g/mol. The van der Waals surface area contributed by atoms with Crippen molar-refractivity contribution in [1.29, 1.82) is 0 Å². The minimum absolute atomic E-state index is 0.0681. The second-order valence-corrected chi connectivity index (χ2v) is 8.54. The molecule has 0 saturated carbocycles. The number of rotatable bonds is 7. The summed E-state index contributed by atoms with van der Waals surface area (Å²) in [6, 6.07) is 7.50. The smallest absolute Gasteiger partial charge is 0.321 e. The number of hydrogen-bond donors (Lipinski definition) is 2. The molecule has 0 aromatic heterocycles. The number of carbonyl (C=O) groups excluding carboxylic acids is 3. The molecule has 2 heterocycles. The summed E-state index contributed by atoms with van der Waals surface area (Å²) in [5.41, 5.74) is 1.84. The first kappa shape index (κ1) is 21.5. The predicted molar refractivity (Wildman–Crippen MR) is 116 cm³/mol. The second-order valence-electron chi connectivity index (χ2n) is 7.55. The summed E-state index contributed by atoms with van der Waals surface area (Å²) in [7, 11) is 0. The van der Waals surface area contributed by atoms with Crippen molar-refractivity contribution in [2.45, 2.75) is 38.6 Å². The molecule has 3 rings (SSSR count). The average molecular weight is 419 g/mol. The molecule has 8 heteroatoms. The maximum atomic E-state index is 12.2. The van der Waals surface area contributed by atoms with Gasteiger partial charge in [0.25, 0.3) is 0 Å². The Labute approximate surface area is 176 Å². The molecule has 0 radical (unpaired) electrons. The number of hydrogen-bond acceptors (Lipinski definition) is 4. The third-order valence-electron chi connectivity index (χ3n) is 5.33. The number of nitrogens with one attached hydrogen (secondary N) is 2. The van der Waals surface area contributed by atoms with Gasteiger partial charge in [-0.15, -0.1) is 11.8 Å². The van der Waals surface area contributed by atoms with Gasteiger partial charge in [0.05, 0.1) is 17.5 Å². The highest BCUT2D eigenvalue weighted by Crippen LogP contribution is 2.21. The van der Waals surface area contributed by atoms with Crippen LogP contribution in [-0.2, 0) is 9.59 Å². The van der Waals surface area contributed by atoms with Gasteiger partial charge in [-0.05, 0) is 50.3 Å². The van der Waals surface area contributed by atoms with E-state index < -0.39 is 0 Å². The minimum atomic E-state index is -0.134. The molecule has 1 unspecified atom stereocenters. The predicted octanol–water partition coefficient (Wildman–Crippen LogP) is 2.53. The van der Waals surface area contributed by atoms with Crippen molar-refractivity contribution >= 4 is 35.3 Å². The van der Waals surface area contributed by atoms with E-state index in [1.54, 1.807) is 4.90 Å². The number of carbonyl (C=O) groups is 3. The molecule has 4 amide bonds. The van der Waals surface area contributed by atoms with Crippen LogP contribution in [0.3, 0.4) is 0 Å². The first-order valence-electron chi connectivity index (χ1n) is 10.3. The normalized spacial score (nSPS) is 18.2. The zero-order valence-corrected chi connectivity index (χ0v) is 17.8. The number of likely N-dealkylation sites (tertiary alicyclic amines) is 1. The van der Waals surface area contributed by atoms with Gasteiger partial charge >= 0.3 is 6.03 Å². The highest BCUT2D eigenvalue weighted by Gasteiger charge is 2.20. The summed E-state index contributed by atoms with van der Waals surface area (Å²) in [6.45, 7) is 5.06. The van der Waals surface area contributed by atoms with Gasteiger partial charge in [-0.1, -0.05) is 12.1 Å². The molecule has 1 atom stereocenters. The zero-order valence-electron chi connectivity index (χ0n) is 17.0. The van der Waals surface area contributed by atoms with Crippen LogP contribution in [0.1, 0.15) is 44.2 Å². The fourth-order valence-corrected chi connectivity index (χ4v) is 4.38. The van der Waals surface area contributed by atoms with Crippen LogP contribution in [0.15, 0.2) is 24.3 Å². The summed E-state index contributed by atoms with van der Waals surface area (Å²) in [5, 5.41) is 5.82. The Hall–Kier alpha value is -2.22. The van der Waals surface area contributed by atoms with Crippen LogP contribution in [0.5, 0.6) is 0 Å². The van der Waals surface area contributed by atoms with Crippen LogP contribution < -0.4 is 15.5 Å². The maximum absolute atomic E-state index is 12.2. The Kier molecular flexibility index (Phi) is 7.80. The molecule has 2 aliphatic heterocycles. The number of amides is 4. The lowest BCUT2D eigenvalue weighted by atomic mass is 10.1. The van der Waals surface area contributed by atoms with Gasteiger partial charge in [-0.3, -0.25) is 14.5 Å². The third-order valence-corrected chi connectivity index (χ3v) is 6.25. The van der Waals surface area contributed by atoms with Gasteiger partial charge in [-0.2, -0.15) is 0 Å². The van der Waals surface area contributed by atoms with Gasteiger partial charge in [0, 0.05) is 31.9 Å². The molecule has 158 valence electrons. The van der Waals surface area contributed by atoms with E-state index in [2.05, 4.69) is 10.6 Å². The molecular weight excluding hydrogens is 388 g/mol. The number of benzene rings is 1. The van der Waals surface area contributed by atoms with E-state index in [4.69, 9.17) is 0 Å². The SMILES string of the molecule is CC(NC(=O)CSCC(=O)N1CCCCC1)c1ccc(N2CCCNC2=O)cc1. The number of thioether (sulfide) groups is 1. The lowest BCUT2D eigenvalue weighted by molar-refractivity contribution is -0.129. The maximum Gasteiger partial charge on any atom is 0.321 e. The largest absolute Gasteiger partial charge is 0.349 e. The van der Waals surface area contributed by atoms with Crippen molar-refractivity contribution in [2.75, 3.05) is 42.6 Å². The van der Waals surface area contributed by atoms with Crippen molar-refractivity contribution in [3.8, 4) is 0 Å².